The fourth-order valence-corrected chi connectivity index (χ4v) is 5.87. The average Bonchev–Trinajstić information content (AvgIpc) is 3.18. The molecule has 0 aromatic heterocycles. The highest BCUT2D eigenvalue weighted by Gasteiger charge is 2.28. The van der Waals surface area contributed by atoms with E-state index in [-0.39, 0.29) is 25.2 Å². The molecule has 0 aliphatic heterocycles. The molecule has 0 aromatic carbocycles. The van der Waals surface area contributed by atoms with E-state index in [9.17, 15) is 28.6 Å². The van der Waals surface area contributed by atoms with Gasteiger partial charge in [-0.3, -0.25) is 28.2 Å². The van der Waals surface area contributed by atoms with E-state index in [1.54, 1.807) is 12.2 Å². The molecule has 0 radical (unpaired) electrons. The summed E-state index contributed by atoms with van der Waals surface area (Å²) in [7, 11) is -4.75. The van der Waals surface area contributed by atoms with Gasteiger partial charge in [-0.25, -0.2) is 4.57 Å². The van der Waals surface area contributed by atoms with Crippen molar-refractivity contribution in [2.24, 2.45) is 5.73 Å². The third-order valence-corrected chi connectivity index (χ3v) is 9.37. The Morgan fingerprint density at radius 2 is 1.14 bits per heavy atom. The molecular formula is C44H72NO11P. The van der Waals surface area contributed by atoms with Gasteiger partial charge in [0.2, 0.25) is 0 Å². The molecule has 0 saturated carbocycles. The van der Waals surface area contributed by atoms with Crippen molar-refractivity contribution in [3.63, 3.8) is 0 Å². The lowest BCUT2D eigenvalue weighted by atomic mass is 10.1. The Balaban J connectivity index is 4.51. The van der Waals surface area contributed by atoms with Gasteiger partial charge in [-0.15, -0.1) is 0 Å². The summed E-state index contributed by atoms with van der Waals surface area (Å²) in [5, 5.41) is 8.88. The van der Waals surface area contributed by atoms with Crippen LogP contribution in [0.5, 0.6) is 0 Å². The van der Waals surface area contributed by atoms with E-state index in [0.717, 1.165) is 103 Å². The Kier molecular flexibility index (Phi) is 35.8. The smallest absolute Gasteiger partial charge is 0.472 e. The number of phosphoric ester groups is 1. The van der Waals surface area contributed by atoms with Gasteiger partial charge in [0.1, 0.15) is 12.6 Å². The molecule has 3 atom stereocenters. The maximum absolute atomic E-state index is 12.6. The first-order valence-corrected chi connectivity index (χ1v) is 22.4. The molecule has 0 aliphatic rings. The van der Waals surface area contributed by atoms with Crippen molar-refractivity contribution in [2.75, 3.05) is 19.8 Å². The Hall–Kier alpha value is -3.41. The SMILES string of the molecule is CC/C=C\C/C=C\C/C=C\C/C=C\CCCCCCC(=O)OC[C@H](COP(=O)(O)OC[C@H](N)C(=O)O)OC(=O)CCCCCCC/C=C\C=C\C(=O)CCCCC. The summed E-state index contributed by atoms with van der Waals surface area (Å²) in [6, 6.07) is -1.54. The number of aliphatic carboxylic acids is 1. The lowest BCUT2D eigenvalue weighted by molar-refractivity contribution is -0.161. The zero-order chi connectivity index (χ0) is 42.2. The highest BCUT2D eigenvalue weighted by atomic mass is 31.2. The van der Waals surface area contributed by atoms with E-state index in [1.165, 1.54) is 0 Å². The number of phosphoric acid groups is 1. The highest BCUT2D eigenvalue weighted by Crippen LogP contribution is 2.43. The molecule has 324 valence electrons. The number of carboxylic acids is 1. The minimum atomic E-state index is -4.75. The molecule has 0 saturated heterocycles. The molecule has 1 unspecified atom stereocenters. The molecule has 0 rings (SSSR count). The summed E-state index contributed by atoms with van der Waals surface area (Å²) in [5.41, 5.74) is 5.32. The minimum absolute atomic E-state index is 0.100. The van der Waals surface area contributed by atoms with Gasteiger partial charge in [0.15, 0.2) is 11.9 Å². The van der Waals surface area contributed by atoms with Crippen molar-refractivity contribution in [1.29, 1.82) is 0 Å². The first-order chi connectivity index (χ1) is 27.5. The van der Waals surface area contributed by atoms with Gasteiger partial charge in [-0.05, 0) is 76.7 Å². The van der Waals surface area contributed by atoms with Gasteiger partial charge in [-0.2, -0.15) is 0 Å². The van der Waals surface area contributed by atoms with Crippen LogP contribution in [0.4, 0.5) is 0 Å². The Morgan fingerprint density at radius 1 is 0.614 bits per heavy atom. The van der Waals surface area contributed by atoms with Crippen molar-refractivity contribution in [3.8, 4) is 0 Å². The topological polar surface area (TPSA) is 189 Å². The second kappa shape index (κ2) is 38.1. The number of esters is 2. The molecule has 0 bridgehead atoms. The summed E-state index contributed by atoms with van der Waals surface area (Å²) in [6.45, 7) is 2.44. The first kappa shape index (κ1) is 53.6. The van der Waals surface area contributed by atoms with Crippen LogP contribution in [0, 0.1) is 0 Å². The summed E-state index contributed by atoms with van der Waals surface area (Å²) >= 11 is 0. The van der Waals surface area contributed by atoms with E-state index >= 15 is 0 Å². The zero-order valence-electron chi connectivity index (χ0n) is 34.6. The zero-order valence-corrected chi connectivity index (χ0v) is 35.5. The second-order valence-corrected chi connectivity index (χ2v) is 15.2. The number of hydrogen-bond donors (Lipinski definition) is 3. The summed E-state index contributed by atoms with van der Waals surface area (Å²) < 4.78 is 32.6. The maximum atomic E-state index is 12.6. The van der Waals surface area contributed by atoms with E-state index in [4.69, 9.17) is 24.8 Å². The maximum Gasteiger partial charge on any atom is 0.472 e. The van der Waals surface area contributed by atoms with E-state index in [2.05, 4.69) is 67.0 Å². The summed E-state index contributed by atoms with van der Waals surface area (Å²) in [4.78, 5) is 57.6. The van der Waals surface area contributed by atoms with Crippen LogP contribution in [0.15, 0.2) is 72.9 Å². The van der Waals surface area contributed by atoms with Crippen LogP contribution >= 0.6 is 7.82 Å². The van der Waals surface area contributed by atoms with Crippen LogP contribution in [0.1, 0.15) is 149 Å². The van der Waals surface area contributed by atoms with Crippen molar-refractivity contribution in [2.45, 2.75) is 161 Å². The average molecular weight is 822 g/mol. The standard InChI is InChI=1S/C44H72NO11P/c1-3-5-7-8-9-10-11-12-13-14-15-16-17-20-23-26-30-34-42(47)53-36-40(37-54-57(51,52)55-38-41(45)44(49)50)56-43(48)35-31-27-24-21-18-19-22-25-29-33-39(46)32-28-6-4-2/h5,7,9-10,12-13,15-16,22,25,29,33,40-41H,3-4,6,8,11,14,17-21,23-24,26-28,30-32,34-38,45H2,1-2H3,(H,49,50)(H,51,52)/b7-5-,10-9-,13-12-,16-15-,25-22-,33-29+/t40-,41+/m1/s1. The Labute approximate surface area is 342 Å². The number of allylic oxidation sites excluding steroid dienone is 12. The number of ketones is 1. The van der Waals surface area contributed by atoms with Crippen LogP contribution in [-0.4, -0.2) is 65.7 Å². The Morgan fingerprint density at radius 3 is 1.75 bits per heavy atom. The van der Waals surface area contributed by atoms with Crippen molar-refractivity contribution >= 4 is 31.5 Å². The molecule has 12 nitrogen and oxygen atoms in total. The van der Waals surface area contributed by atoms with Crippen LogP contribution in [-0.2, 0) is 42.3 Å². The predicted molar refractivity (Wildman–Crippen MR) is 226 cm³/mol. The van der Waals surface area contributed by atoms with Crippen LogP contribution in [0.25, 0.3) is 0 Å². The van der Waals surface area contributed by atoms with Gasteiger partial charge >= 0.3 is 25.7 Å². The fraction of sp³-hybridized carbons (Fsp3) is 0.636. The number of ether oxygens (including phenoxy) is 2. The third kappa shape index (κ3) is 37.9. The monoisotopic (exact) mass is 821 g/mol. The van der Waals surface area contributed by atoms with Gasteiger partial charge in [0.05, 0.1) is 13.2 Å². The quantitative estimate of drug-likeness (QED) is 0.0134. The first-order valence-electron chi connectivity index (χ1n) is 20.9. The summed E-state index contributed by atoms with van der Waals surface area (Å²) in [5.74, 6) is -2.34. The number of unbranched alkanes of at least 4 members (excludes halogenated alkanes) is 11. The number of carbonyl (C=O) groups excluding carboxylic acids is 3. The summed E-state index contributed by atoms with van der Waals surface area (Å²) in [6.07, 6.45) is 40.9. The molecule has 4 N–H and O–H groups in total. The van der Waals surface area contributed by atoms with Gasteiger partial charge in [0.25, 0.3) is 0 Å². The number of rotatable bonds is 38. The Bertz CT molecular complexity index is 1300. The fourth-order valence-electron chi connectivity index (χ4n) is 5.09. The lowest BCUT2D eigenvalue weighted by Crippen LogP contribution is -2.34. The molecule has 0 heterocycles. The normalized spacial score (nSPS) is 14.4. The van der Waals surface area contributed by atoms with Gasteiger partial charge in [-0.1, -0.05) is 126 Å². The molecule has 0 spiro atoms. The molecule has 0 aliphatic carbocycles. The number of nitrogens with two attached hydrogens (primary N) is 1. The number of carboxylic acid groups (broad SMARTS) is 1. The number of carbonyl (C=O) groups is 4. The lowest BCUT2D eigenvalue weighted by Gasteiger charge is -2.20. The highest BCUT2D eigenvalue weighted by molar-refractivity contribution is 7.47. The molecule has 0 aromatic rings. The number of hydrogen-bond acceptors (Lipinski definition) is 10. The largest absolute Gasteiger partial charge is 0.480 e. The molecule has 0 fully saturated rings. The van der Waals surface area contributed by atoms with E-state index in [0.29, 0.717) is 19.3 Å². The van der Waals surface area contributed by atoms with Crippen LogP contribution in [0.2, 0.25) is 0 Å². The van der Waals surface area contributed by atoms with Crippen LogP contribution < -0.4 is 5.73 Å². The predicted octanol–water partition coefficient (Wildman–Crippen LogP) is 10.1. The third-order valence-electron chi connectivity index (χ3n) is 8.41. The second-order valence-electron chi connectivity index (χ2n) is 13.8. The van der Waals surface area contributed by atoms with Gasteiger partial charge < -0.3 is 25.2 Å². The van der Waals surface area contributed by atoms with Gasteiger partial charge in [0, 0.05) is 19.3 Å². The van der Waals surface area contributed by atoms with E-state index in [1.807, 2.05) is 12.2 Å². The van der Waals surface area contributed by atoms with Crippen LogP contribution in [0.3, 0.4) is 0 Å². The molecular weight excluding hydrogens is 749 g/mol. The van der Waals surface area contributed by atoms with E-state index < -0.39 is 51.1 Å². The van der Waals surface area contributed by atoms with Crippen molar-refractivity contribution in [3.05, 3.63) is 72.9 Å². The molecule has 0 amide bonds. The molecule has 13 heteroatoms. The molecule has 57 heavy (non-hydrogen) atoms. The van der Waals surface area contributed by atoms with Crippen molar-refractivity contribution in [1.82, 2.24) is 0 Å². The minimum Gasteiger partial charge on any atom is -0.480 e. The van der Waals surface area contributed by atoms with Crippen molar-refractivity contribution < 1.29 is 52.3 Å².